The van der Waals surface area contributed by atoms with Gasteiger partial charge in [-0.05, 0) is 36.6 Å². The molecule has 0 spiro atoms. The molecule has 1 unspecified atom stereocenters. The molecule has 2 aromatic heterocycles. The van der Waals surface area contributed by atoms with E-state index in [0.717, 1.165) is 35.5 Å². The Kier molecular flexibility index (Phi) is 4.38. The number of hydrogen-bond donors (Lipinski definition) is 1. The van der Waals surface area contributed by atoms with Crippen LogP contribution >= 0.6 is 11.3 Å². The van der Waals surface area contributed by atoms with Crippen molar-refractivity contribution in [2.24, 2.45) is 5.92 Å². The van der Waals surface area contributed by atoms with E-state index in [9.17, 15) is 0 Å². The maximum Gasteiger partial charge on any atom is 0.206 e. The van der Waals surface area contributed by atoms with Crippen LogP contribution in [0.15, 0.2) is 54.7 Å². The zero-order valence-corrected chi connectivity index (χ0v) is 14.1. The first kappa shape index (κ1) is 15.1. The SMILES string of the molecule is c1ccc(N2CCC(CNc3nnc(-c4ccccn4)s3)C2)cc1. The molecule has 1 saturated heterocycles. The van der Waals surface area contributed by atoms with E-state index in [2.05, 4.69) is 55.7 Å². The normalized spacial score (nSPS) is 17.2. The van der Waals surface area contributed by atoms with Gasteiger partial charge in [0.2, 0.25) is 5.13 Å². The molecule has 1 N–H and O–H groups in total. The quantitative estimate of drug-likeness (QED) is 0.772. The van der Waals surface area contributed by atoms with Crippen molar-refractivity contribution < 1.29 is 0 Å². The molecule has 1 aromatic carbocycles. The molecular formula is C18H19N5S. The summed E-state index contributed by atoms with van der Waals surface area (Å²) >= 11 is 1.56. The van der Waals surface area contributed by atoms with Crippen molar-refractivity contribution in [1.29, 1.82) is 0 Å². The fourth-order valence-corrected chi connectivity index (χ4v) is 3.72. The highest BCUT2D eigenvalue weighted by Crippen LogP contribution is 2.26. The zero-order valence-electron chi connectivity index (χ0n) is 13.3. The van der Waals surface area contributed by atoms with E-state index in [-0.39, 0.29) is 0 Å². The fraction of sp³-hybridized carbons (Fsp3) is 0.278. The van der Waals surface area contributed by atoms with Crippen LogP contribution in [0.25, 0.3) is 10.7 Å². The van der Waals surface area contributed by atoms with Crippen LogP contribution in [0, 0.1) is 5.92 Å². The Morgan fingerprint density at radius 3 is 2.79 bits per heavy atom. The summed E-state index contributed by atoms with van der Waals surface area (Å²) in [6.45, 7) is 3.13. The molecule has 24 heavy (non-hydrogen) atoms. The summed E-state index contributed by atoms with van der Waals surface area (Å²) in [4.78, 5) is 6.77. The van der Waals surface area contributed by atoms with Crippen LogP contribution in [0.4, 0.5) is 10.8 Å². The largest absolute Gasteiger partial charge is 0.371 e. The number of pyridine rings is 1. The Balaban J connectivity index is 1.33. The van der Waals surface area contributed by atoms with Crippen molar-refractivity contribution >= 4 is 22.2 Å². The Morgan fingerprint density at radius 1 is 1.08 bits per heavy atom. The van der Waals surface area contributed by atoms with Crippen LogP contribution in [0.5, 0.6) is 0 Å². The molecule has 1 atom stereocenters. The van der Waals surface area contributed by atoms with Crippen molar-refractivity contribution in [3.63, 3.8) is 0 Å². The lowest BCUT2D eigenvalue weighted by molar-refractivity contribution is 0.622. The number of aromatic nitrogens is 3. The van der Waals surface area contributed by atoms with E-state index >= 15 is 0 Å². The van der Waals surface area contributed by atoms with Gasteiger partial charge in [-0.15, -0.1) is 10.2 Å². The molecule has 0 amide bonds. The highest BCUT2D eigenvalue weighted by atomic mass is 32.1. The van der Waals surface area contributed by atoms with Gasteiger partial charge in [-0.25, -0.2) is 0 Å². The molecule has 1 fully saturated rings. The molecule has 3 heterocycles. The predicted octanol–water partition coefficient (Wildman–Crippen LogP) is 3.54. The van der Waals surface area contributed by atoms with E-state index in [0.29, 0.717) is 5.92 Å². The maximum absolute atomic E-state index is 4.32. The van der Waals surface area contributed by atoms with Crippen LogP contribution < -0.4 is 10.2 Å². The van der Waals surface area contributed by atoms with Crippen molar-refractivity contribution in [2.75, 3.05) is 29.9 Å². The van der Waals surface area contributed by atoms with Gasteiger partial charge in [0.25, 0.3) is 0 Å². The average molecular weight is 337 g/mol. The standard InChI is InChI=1S/C18H19N5S/c1-2-6-15(7-3-1)23-11-9-14(13-23)12-20-18-22-21-17(24-18)16-8-4-5-10-19-16/h1-8,10,14H,9,11-13H2,(H,20,22). The van der Waals surface area contributed by atoms with Crippen LogP contribution in [-0.2, 0) is 0 Å². The lowest BCUT2D eigenvalue weighted by Crippen LogP contribution is -2.22. The van der Waals surface area contributed by atoms with Gasteiger partial charge in [-0.3, -0.25) is 4.98 Å². The monoisotopic (exact) mass is 337 g/mol. The second-order valence-corrected chi connectivity index (χ2v) is 6.92. The molecule has 0 saturated carbocycles. The predicted molar refractivity (Wildman–Crippen MR) is 98.4 cm³/mol. The van der Waals surface area contributed by atoms with Gasteiger partial charge in [0, 0.05) is 31.5 Å². The fourth-order valence-electron chi connectivity index (χ4n) is 2.99. The number of hydrogen-bond acceptors (Lipinski definition) is 6. The number of para-hydroxylation sites is 1. The number of nitrogens with one attached hydrogen (secondary N) is 1. The van der Waals surface area contributed by atoms with Crippen molar-refractivity contribution in [2.45, 2.75) is 6.42 Å². The highest BCUT2D eigenvalue weighted by Gasteiger charge is 2.22. The van der Waals surface area contributed by atoms with Crippen LogP contribution in [0.1, 0.15) is 6.42 Å². The highest BCUT2D eigenvalue weighted by molar-refractivity contribution is 7.18. The second-order valence-electron chi connectivity index (χ2n) is 5.94. The molecule has 5 nitrogen and oxygen atoms in total. The molecule has 1 aliphatic heterocycles. The molecule has 1 aliphatic rings. The first-order valence-electron chi connectivity index (χ1n) is 8.17. The molecule has 0 bridgehead atoms. The van der Waals surface area contributed by atoms with Gasteiger partial charge >= 0.3 is 0 Å². The zero-order chi connectivity index (χ0) is 16.2. The molecule has 0 radical (unpaired) electrons. The maximum atomic E-state index is 4.32. The summed E-state index contributed by atoms with van der Waals surface area (Å²) in [7, 11) is 0. The first-order chi connectivity index (χ1) is 11.9. The molecule has 6 heteroatoms. The van der Waals surface area contributed by atoms with Gasteiger partial charge in [0.05, 0.1) is 0 Å². The molecule has 3 aromatic rings. The van der Waals surface area contributed by atoms with E-state index < -0.39 is 0 Å². The van der Waals surface area contributed by atoms with Crippen molar-refractivity contribution in [3.05, 3.63) is 54.7 Å². The van der Waals surface area contributed by atoms with E-state index in [1.54, 1.807) is 17.5 Å². The lowest BCUT2D eigenvalue weighted by atomic mass is 10.1. The van der Waals surface area contributed by atoms with E-state index in [1.807, 2.05) is 18.2 Å². The van der Waals surface area contributed by atoms with Gasteiger partial charge in [0.1, 0.15) is 5.69 Å². The minimum Gasteiger partial charge on any atom is -0.371 e. The Bertz CT molecular complexity index is 774. The number of nitrogens with zero attached hydrogens (tertiary/aromatic N) is 4. The van der Waals surface area contributed by atoms with E-state index in [1.165, 1.54) is 12.1 Å². The lowest BCUT2D eigenvalue weighted by Gasteiger charge is -2.18. The topological polar surface area (TPSA) is 53.9 Å². The minimum absolute atomic E-state index is 0.632. The smallest absolute Gasteiger partial charge is 0.206 e. The van der Waals surface area contributed by atoms with Gasteiger partial charge in [-0.1, -0.05) is 35.6 Å². The third-order valence-corrected chi connectivity index (χ3v) is 5.16. The Labute approximate surface area is 145 Å². The van der Waals surface area contributed by atoms with Crippen molar-refractivity contribution in [3.8, 4) is 10.7 Å². The molecule has 0 aliphatic carbocycles. The second kappa shape index (κ2) is 6.97. The number of anilines is 2. The third kappa shape index (κ3) is 3.38. The molecule has 4 rings (SSSR count). The Morgan fingerprint density at radius 2 is 1.96 bits per heavy atom. The van der Waals surface area contributed by atoms with Crippen LogP contribution in [0.2, 0.25) is 0 Å². The summed E-state index contributed by atoms with van der Waals surface area (Å²) in [6.07, 6.45) is 2.98. The van der Waals surface area contributed by atoms with Gasteiger partial charge in [0.15, 0.2) is 5.01 Å². The number of rotatable bonds is 5. The average Bonchev–Trinajstić information content (AvgIpc) is 3.31. The minimum atomic E-state index is 0.632. The first-order valence-corrected chi connectivity index (χ1v) is 8.99. The van der Waals surface area contributed by atoms with Crippen molar-refractivity contribution in [1.82, 2.24) is 15.2 Å². The molecule has 122 valence electrons. The summed E-state index contributed by atoms with van der Waals surface area (Å²) < 4.78 is 0. The van der Waals surface area contributed by atoms with Gasteiger partial charge < -0.3 is 10.2 Å². The summed E-state index contributed by atoms with van der Waals surface area (Å²) in [5, 5.41) is 13.6. The number of benzene rings is 1. The molecular weight excluding hydrogens is 318 g/mol. The van der Waals surface area contributed by atoms with E-state index in [4.69, 9.17) is 0 Å². The summed E-state index contributed by atoms with van der Waals surface area (Å²) in [6, 6.07) is 16.4. The summed E-state index contributed by atoms with van der Waals surface area (Å²) in [5.41, 5.74) is 2.19. The third-order valence-electron chi connectivity index (χ3n) is 4.26. The van der Waals surface area contributed by atoms with Crippen LogP contribution in [0.3, 0.4) is 0 Å². The van der Waals surface area contributed by atoms with Crippen LogP contribution in [-0.4, -0.2) is 34.8 Å². The van der Waals surface area contributed by atoms with Gasteiger partial charge in [-0.2, -0.15) is 0 Å². The Hall–Kier alpha value is -2.47. The summed E-state index contributed by atoms with van der Waals surface area (Å²) in [5.74, 6) is 0.632.